The summed E-state index contributed by atoms with van der Waals surface area (Å²) in [6.07, 6.45) is 1.57. The monoisotopic (exact) mass is 380 g/mol. The predicted octanol–water partition coefficient (Wildman–Crippen LogP) is 3.17. The summed E-state index contributed by atoms with van der Waals surface area (Å²) in [6.45, 7) is 2.73. The molecule has 0 saturated carbocycles. The Kier molecular flexibility index (Phi) is 6.65. The van der Waals surface area contributed by atoms with Gasteiger partial charge >= 0.3 is 0 Å². The molecule has 0 aliphatic carbocycles. The van der Waals surface area contributed by atoms with E-state index in [1.54, 1.807) is 0 Å². The summed E-state index contributed by atoms with van der Waals surface area (Å²) in [5.74, 6) is 1.25. The van der Waals surface area contributed by atoms with Crippen LogP contribution in [0.15, 0.2) is 59.8 Å². The van der Waals surface area contributed by atoms with Gasteiger partial charge in [0, 0.05) is 20.0 Å². The van der Waals surface area contributed by atoms with E-state index in [1.165, 1.54) is 28.5 Å². The zero-order valence-corrected chi connectivity index (χ0v) is 16.5. The smallest absolute Gasteiger partial charge is 0.230 e. The highest BCUT2D eigenvalue weighted by Crippen LogP contribution is 2.17. The van der Waals surface area contributed by atoms with Crippen molar-refractivity contribution in [2.45, 2.75) is 24.9 Å². The summed E-state index contributed by atoms with van der Waals surface area (Å²) >= 11 is 1.41. The molecule has 0 unspecified atom stereocenters. The highest BCUT2D eigenvalue weighted by Gasteiger charge is 2.12. The maximum Gasteiger partial charge on any atom is 0.230 e. The van der Waals surface area contributed by atoms with Crippen molar-refractivity contribution in [1.82, 2.24) is 20.1 Å². The molecule has 2 aromatic carbocycles. The van der Waals surface area contributed by atoms with Crippen LogP contribution in [0, 0.1) is 6.92 Å². The third-order valence-electron chi connectivity index (χ3n) is 4.44. The van der Waals surface area contributed by atoms with E-state index in [0.717, 1.165) is 23.8 Å². The lowest BCUT2D eigenvalue weighted by atomic mass is 10.1. The fourth-order valence-electron chi connectivity index (χ4n) is 2.81. The normalized spacial score (nSPS) is 10.7. The molecule has 0 saturated heterocycles. The average Bonchev–Trinajstić information content (AvgIpc) is 3.02. The van der Waals surface area contributed by atoms with E-state index in [-0.39, 0.29) is 5.91 Å². The molecule has 1 heterocycles. The number of carbonyl (C=O) groups is 1. The van der Waals surface area contributed by atoms with Crippen LogP contribution in [0.3, 0.4) is 0 Å². The Morgan fingerprint density at radius 1 is 1.07 bits per heavy atom. The van der Waals surface area contributed by atoms with E-state index in [0.29, 0.717) is 12.3 Å². The van der Waals surface area contributed by atoms with Gasteiger partial charge in [0.15, 0.2) is 5.16 Å². The first-order chi connectivity index (χ1) is 13.1. The van der Waals surface area contributed by atoms with Crippen molar-refractivity contribution in [3.8, 4) is 0 Å². The van der Waals surface area contributed by atoms with Gasteiger partial charge in [0.2, 0.25) is 5.91 Å². The van der Waals surface area contributed by atoms with Crippen LogP contribution in [0.2, 0.25) is 0 Å². The molecule has 1 aromatic heterocycles. The molecule has 27 heavy (non-hydrogen) atoms. The standard InChI is InChI=1S/C21H24N4OS/c1-16-8-6-7-11-18(16)12-13-22-20(26)15-27-21-24-23-19(25(21)2)14-17-9-4-3-5-10-17/h3-11H,12-15H2,1-2H3,(H,22,26). The largest absolute Gasteiger partial charge is 0.355 e. The minimum Gasteiger partial charge on any atom is -0.355 e. The van der Waals surface area contributed by atoms with Gasteiger partial charge in [0.05, 0.1) is 5.75 Å². The second-order valence-corrected chi connectivity index (χ2v) is 7.38. The molecule has 0 aliphatic heterocycles. The van der Waals surface area contributed by atoms with E-state index in [9.17, 15) is 4.79 Å². The lowest BCUT2D eigenvalue weighted by molar-refractivity contribution is -0.118. The van der Waals surface area contributed by atoms with Gasteiger partial charge in [-0.15, -0.1) is 10.2 Å². The highest BCUT2D eigenvalue weighted by atomic mass is 32.2. The number of thioether (sulfide) groups is 1. The van der Waals surface area contributed by atoms with E-state index >= 15 is 0 Å². The quantitative estimate of drug-likeness (QED) is 0.610. The Bertz CT molecular complexity index is 892. The summed E-state index contributed by atoms with van der Waals surface area (Å²) in [4.78, 5) is 12.1. The predicted molar refractivity (Wildman–Crippen MR) is 109 cm³/mol. The summed E-state index contributed by atoms with van der Waals surface area (Å²) < 4.78 is 1.96. The second kappa shape index (κ2) is 9.37. The number of amides is 1. The van der Waals surface area contributed by atoms with Gasteiger partial charge in [-0.25, -0.2) is 0 Å². The molecule has 0 aliphatic rings. The van der Waals surface area contributed by atoms with Crippen LogP contribution in [0.4, 0.5) is 0 Å². The van der Waals surface area contributed by atoms with E-state index in [4.69, 9.17) is 0 Å². The molecule has 0 atom stereocenters. The van der Waals surface area contributed by atoms with Gasteiger partial charge in [0.1, 0.15) is 5.82 Å². The van der Waals surface area contributed by atoms with E-state index < -0.39 is 0 Å². The molecule has 140 valence electrons. The van der Waals surface area contributed by atoms with Crippen molar-refractivity contribution in [3.05, 3.63) is 77.1 Å². The number of hydrogen-bond acceptors (Lipinski definition) is 4. The number of nitrogens with one attached hydrogen (secondary N) is 1. The van der Waals surface area contributed by atoms with Gasteiger partial charge in [-0.05, 0) is 30.0 Å². The molecule has 0 spiro atoms. The molecule has 0 fully saturated rings. The first-order valence-corrected chi connectivity index (χ1v) is 9.98. The van der Waals surface area contributed by atoms with Crippen molar-refractivity contribution in [2.75, 3.05) is 12.3 Å². The number of rotatable bonds is 8. The molecular formula is C21H24N4OS. The number of aryl methyl sites for hydroxylation is 1. The van der Waals surface area contributed by atoms with E-state index in [2.05, 4.69) is 46.7 Å². The fraction of sp³-hybridized carbons (Fsp3) is 0.286. The maximum atomic E-state index is 12.1. The summed E-state index contributed by atoms with van der Waals surface area (Å²) in [5, 5.41) is 12.2. The molecule has 0 radical (unpaired) electrons. The second-order valence-electron chi connectivity index (χ2n) is 6.44. The zero-order chi connectivity index (χ0) is 19.1. The van der Waals surface area contributed by atoms with Gasteiger partial charge in [-0.1, -0.05) is 66.4 Å². The van der Waals surface area contributed by atoms with Crippen molar-refractivity contribution in [2.24, 2.45) is 7.05 Å². The van der Waals surface area contributed by atoms with Gasteiger partial charge < -0.3 is 9.88 Å². The Balaban J connectivity index is 1.46. The lowest BCUT2D eigenvalue weighted by Crippen LogP contribution is -2.27. The topological polar surface area (TPSA) is 59.8 Å². The first kappa shape index (κ1) is 19.2. The van der Waals surface area contributed by atoms with Crippen LogP contribution < -0.4 is 5.32 Å². The van der Waals surface area contributed by atoms with Crippen molar-refractivity contribution >= 4 is 17.7 Å². The first-order valence-electron chi connectivity index (χ1n) is 8.99. The van der Waals surface area contributed by atoms with Crippen molar-refractivity contribution < 1.29 is 4.79 Å². The Morgan fingerprint density at radius 2 is 1.81 bits per heavy atom. The summed E-state index contributed by atoms with van der Waals surface area (Å²) in [6, 6.07) is 18.4. The SMILES string of the molecule is Cc1ccccc1CCNC(=O)CSc1nnc(Cc2ccccc2)n1C. The third-order valence-corrected chi connectivity index (χ3v) is 5.46. The molecule has 5 nitrogen and oxygen atoms in total. The van der Waals surface area contributed by atoms with Crippen LogP contribution >= 0.6 is 11.8 Å². The van der Waals surface area contributed by atoms with Crippen LogP contribution in [-0.4, -0.2) is 33.0 Å². The van der Waals surface area contributed by atoms with Crippen LogP contribution in [0.5, 0.6) is 0 Å². The molecular weight excluding hydrogens is 356 g/mol. The minimum absolute atomic E-state index is 0.0150. The van der Waals surface area contributed by atoms with Crippen LogP contribution in [-0.2, 0) is 24.7 Å². The number of hydrogen-bond donors (Lipinski definition) is 1. The highest BCUT2D eigenvalue weighted by molar-refractivity contribution is 7.99. The molecule has 3 aromatic rings. The lowest BCUT2D eigenvalue weighted by Gasteiger charge is -2.07. The summed E-state index contributed by atoms with van der Waals surface area (Å²) in [5.41, 5.74) is 3.72. The molecule has 0 bridgehead atoms. The van der Waals surface area contributed by atoms with Crippen LogP contribution in [0.25, 0.3) is 0 Å². The minimum atomic E-state index is 0.0150. The number of benzene rings is 2. The molecule has 3 rings (SSSR count). The Hall–Kier alpha value is -2.60. The van der Waals surface area contributed by atoms with Crippen molar-refractivity contribution in [3.63, 3.8) is 0 Å². The van der Waals surface area contributed by atoms with E-state index in [1.807, 2.05) is 41.9 Å². The number of nitrogens with zero attached hydrogens (tertiary/aromatic N) is 3. The summed E-state index contributed by atoms with van der Waals surface area (Å²) in [7, 11) is 1.94. The average molecular weight is 381 g/mol. The van der Waals surface area contributed by atoms with Gasteiger partial charge in [-0.3, -0.25) is 4.79 Å². The maximum absolute atomic E-state index is 12.1. The van der Waals surface area contributed by atoms with Crippen LogP contribution in [0.1, 0.15) is 22.5 Å². The van der Waals surface area contributed by atoms with Gasteiger partial charge in [0.25, 0.3) is 0 Å². The molecule has 6 heteroatoms. The van der Waals surface area contributed by atoms with Gasteiger partial charge in [-0.2, -0.15) is 0 Å². The Labute approximate surface area is 164 Å². The third kappa shape index (κ3) is 5.44. The Morgan fingerprint density at radius 3 is 2.59 bits per heavy atom. The van der Waals surface area contributed by atoms with Crippen molar-refractivity contribution in [1.29, 1.82) is 0 Å². The molecule has 1 N–H and O–H groups in total. The fourth-order valence-corrected chi connectivity index (χ4v) is 3.57. The number of carbonyl (C=O) groups excluding carboxylic acids is 1. The number of aromatic nitrogens is 3. The zero-order valence-electron chi connectivity index (χ0n) is 15.7. The molecule has 1 amide bonds.